The zero-order valence-corrected chi connectivity index (χ0v) is 14.6. The number of benzene rings is 1. The fraction of sp³-hybridized carbons (Fsp3) is 0.444. The highest BCUT2D eigenvalue weighted by Gasteiger charge is 2.21. The van der Waals surface area contributed by atoms with Gasteiger partial charge < -0.3 is 10.6 Å². The Morgan fingerprint density at radius 1 is 1.26 bits per heavy atom. The molecule has 1 aromatic heterocycles. The Balaban J connectivity index is 2.00. The van der Waals surface area contributed by atoms with Crippen LogP contribution < -0.4 is 10.6 Å². The molecule has 0 aliphatic heterocycles. The van der Waals surface area contributed by atoms with Gasteiger partial charge in [-0.2, -0.15) is 5.10 Å². The molecule has 1 amide bonds. The highest BCUT2D eigenvalue weighted by Crippen LogP contribution is 2.14. The number of rotatable bonds is 6. The summed E-state index contributed by atoms with van der Waals surface area (Å²) in [6.07, 6.45) is 4.39. The smallest absolute Gasteiger partial charge is 0.242 e. The van der Waals surface area contributed by atoms with E-state index in [2.05, 4.69) is 47.8 Å². The van der Waals surface area contributed by atoms with E-state index in [9.17, 15) is 4.79 Å². The van der Waals surface area contributed by atoms with Crippen molar-refractivity contribution in [2.45, 2.75) is 39.3 Å². The fourth-order valence-electron chi connectivity index (χ4n) is 2.96. The summed E-state index contributed by atoms with van der Waals surface area (Å²) in [7, 11) is 3.63. The maximum atomic E-state index is 12.5. The van der Waals surface area contributed by atoms with Gasteiger partial charge in [0.15, 0.2) is 0 Å². The Labute approximate surface area is 138 Å². The van der Waals surface area contributed by atoms with Gasteiger partial charge in [-0.3, -0.25) is 9.48 Å². The fourth-order valence-corrected chi connectivity index (χ4v) is 2.96. The number of carbonyl (C=O) groups is 1. The highest BCUT2D eigenvalue weighted by molar-refractivity contribution is 5.83. The number of aromatic nitrogens is 2. The van der Waals surface area contributed by atoms with Gasteiger partial charge in [-0.25, -0.2) is 0 Å². The van der Waals surface area contributed by atoms with Gasteiger partial charge in [-0.05, 0) is 39.8 Å². The summed E-state index contributed by atoms with van der Waals surface area (Å²) in [4.78, 5) is 12.5. The molecule has 2 N–H and O–H groups in total. The molecule has 0 spiro atoms. The minimum absolute atomic E-state index is 0.0302. The average molecular weight is 314 g/mol. The molecule has 0 radical (unpaired) electrons. The van der Waals surface area contributed by atoms with Crippen LogP contribution in [-0.2, 0) is 18.3 Å². The molecule has 1 heterocycles. The molecule has 0 bridgehead atoms. The molecule has 2 rings (SSSR count). The molecule has 124 valence electrons. The van der Waals surface area contributed by atoms with Crippen LogP contribution in [0.15, 0.2) is 30.6 Å². The summed E-state index contributed by atoms with van der Waals surface area (Å²) >= 11 is 0. The molecule has 23 heavy (non-hydrogen) atoms. The van der Waals surface area contributed by atoms with Gasteiger partial charge >= 0.3 is 0 Å². The van der Waals surface area contributed by atoms with Crippen molar-refractivity contribution in [3.8, 4) is 0 Å². The Morgan fingerprint density at radius 2 is 1.91 bits per heavy atom. The predicted molar refractivity (Wildman–Crippen MR) is 92.2 cm³/mol. The number of carbonyl (C=O) groups excluding carboxylic acids is 1. The van der Waals surface area contributed by atoms with Crippen molar-refractivity contribution in [3.05, 3.63) is 52.8 Å². The van der Waals surface area contributed by atoms with E-state index < -0.39 is 0 Å². The minimum atomic E-state index is -0.384. The summed E-state index contributed by atoms with van der Waals surface area (Å²) in [5, 5.41) is 10.3. The van der Waals surface area contributed by atoms with E-state index in [0.717, 1.165) is 12.0 Å². The topological polar surface area (TPSA) is 59.0 Å². The third kappa shape index (κ3) is 4.66. The van der Waals surface area contributed by atoms with E-state index in [0.29, 0.717) is 0 Å². The first-order chi connectivity index (χ1) is 10.9. The molecule has 1 aromatic carbocycles. The van der Waals surface area contributed by atoms with Crippen molar-refractivity contribution >= 4 is 5.91 Å². The van der Waals surface area contributed by atoms with Crippen LogP contribution in [0.2, 0.25) is 0 Å². The SMILES string of the molecule is CNC(C(=O)NC(C)Cc1cc(C)cc(C)c1)c1cnn(C)c1. The molecule has 2 unspecified atom stereocenters. The Morgan fingerprint density at radius 3 is 2.43 bits per heavy atom. The summed E-state index contributed by atoms with van der Waals surface area (Å²) in [6, 6.07) is 6.19. The van der Waals surface area contributed by atoms with Crippen LogP contribution in [0, 0.1) is 13.8 Å². The second-order valence-electron chi connectivity index (χ2n) is 6.28. The number of nitrogens with zero attached hydrogens (tertiary/aromatic N) is 2. The number of amides is 1. The van der Waals surface area contributed by atoms with Crippen molar-refractivity contribution in [1.29, 1.82) is 0 Å². The van der Waals surface area contributed by atoms with Crippen LogP contribution in [0.4, 0.5) is 0 Å². The molecular weight excluding hydrogens is 288 g/mol. The largest absolute Gasteiger partial charge is 0.352 e. The first kappa shape index (κ1) is 17.2. The number of nitrogens with one attached hydrogen (secondary N) is 2. The van der Waals surface area contributed by atoms with E-state index in [4.69, 9.17) is 0 Å². The minimum Gasteiger partial charge on any atom is -0.352 e. The normalized spacial score (nSPS) is 13.6. The molecule has 5 nitrogen and oxygen atoms in total. The maximum absolute atomic E-state index is 12.5. The zero-order valence-electron chi connectivity index (χ0n) is 14.6. The van der Waals surface area contributed by atoms with Gasteiger partial charge in [0.1, 0.15) is 6.04 Å². The molecule has 2 aromatic rings. The lowest BCUT2D eigenvalue weighted by Crippen LogP contribution is -2.41. The van der Waals surface area contributed by atoms with Crippen molar-refractivity contribution in [2.75, 3.05) is 7.05 Å². The molecule has 0 fully saturated rings. The van der Waals surface area contributed by atoms with Gasteiger partial charge in [0.2, 0.25) is 5.91 Å². The lowest BCUT2D eigenvalue weighted by atomic mass is 10.0. The standard InChI is InChI=1S/C18H26N4O/c1-12-6-13(2)8-15(7-12)9-14(3)21-18(23)17(19-4)16-10-20-22(5)11-16/h6-8,10-11,14,17,19H,9H2,1-5H3,(H,21,23). The van der Waals surface area contributed by atoms with Crippen molar-refractivity contribution in [3.63, 3.8) is 0 Å². The lowest BCUT2D eigenvalue weighted by Gasteiger charge is -2.19. The van der Waals surface area contributed by atoms with E-state index >= 15 is 0 Å². The second-order valence-corrected chi connectivity index (χ2v) is 6.28. The summed E-state index contributed by atoms with van der Waals surface area (Å²) in [6.45, 7) is 6.23. The lowest BCUT2D eigenvalue weighted by molar-refractivity contribution is -0.123. The number of hydrogen-bond acceptors (Lipinski definition) is 3. The molecule has 2 atom stereocenters. The predicted octanol–water partition coefficient (Wildman–Crippen LogP) is 2.04. The molecule has 0 saturated carbocycles. The van der Waals surface area contributed by atoms with Crippen molar-refractivity contribution in [2.24, 2.45) is 7.05 Å². The van der Waals surface area contributed by atoms with Crippen LogP contribution in [0.5, 0.6) is 0 Å². The molecule has 0 saturated heterocycles. The summed E-state index contributed by atoms with van der Waals surface area (Å²) in [5.41, 5.74) is 4.62. The maximum Gasteiger partial charge on any atom is 0.242 e. The third-order valence-corrected chi connectivity index (χ3v) is 3.82. The summed E-state index contributed by atoms with van der Waals surface area (Å²) in [5.74, 6) is -0.0302. The van der Waals surface area contributed by atoms with E-state index in [-0.39, 0.29) is 18.0 Å². The third-order valence-electron chi connectivity index (χ3n) is 3.82. The van der Waals surface area contributed by atoms with Gasteiger partial charge in [0, 0.05) is 24.8 Å². The van der Waals surface area contributed by atoms with E-state index in [1.54, 1.807) is 17.9 Å². The Hall–Kier alpha value is -2.14. The quantitative estimate of drug-likeness (QED) is 0.858. The van der Waals surface area contributed by atoms with Crippen LogP contribution >= 0.6 is 0 Å². The average Bonchev–Trinajstić information content (AvgIpc) is 2.84. The van der Waals surface area contributed by atoms with Crippen molar-refractivity contribution < 1.29 is 4.79 Å². The number of likely N-dealkylation sites (N-methyl/N-ethyl adjacent to an activating group) is 1. The number of aryl methyl sites for hydroxylation is 3. The van der Waals surface area contributed by atoms with Gasteiger partial charge in [0.05, 0.1) is 6.20 Å². The molecular formula is C18H26N4O. The summed E-state index contributed by atoms with van der Waals surface area (Å²) < 4.78 is 1.70. The number of hydrogen-bond donors (Lipinski definition) is 2. The zero-order chi connectivity index (χ0) is 17.0. The second kappa shape index (κ2) is 7.42. The van der Waals surface area contributed by atoms with Crippen LogP contribution in [0.1, 0.15) is 35.2 Å². The van der Waals surface area contributed by atoms with Gasteiger partial charge in [-0.1, -0.05) is 29.3 Å². The molecule has 5 heteroatoms. The van der Waals surface area contributed by atoms with Crippen LogP contribution in [0.3, 0.4) is 0 Å². The van der Waals surface area contributed by atoms with E-state index in [1.165, 1.54) is 16.7 Å². The van der Waals surface area contributed by atoms with Crippen LogP contribution in [0.25, 0.3) is 0 Å². The van der Waals surface area contributed by atoms with Crippen molar-refractivity contribution in [1.82, 2.24) is 20.4 Å². The first-order valence-corrected chi connectivity index (χ1v) is 7.92. The van der Waals surface area contributed by atoms with Gasteiger partial charge in [0.25, 0.3) is 0 Å². The molecule has 0 aliphatic carbocycles. The Bertz CT molecular complexity index is 657. The highest BCUT2D eigenvalue weighted by atomic mass is 16.2. The van der Waals surface area contributed by atoms with E-state index in [1.807, 2.05) is 20.2 Å². The first-order valence-electron chi connectivity index (χ1n) is 7.92. The van der Waals surface area contributed by atoms with Gasteiger partial charge in [-0.15, -0.1) is 0 Å². The van der Waals surface area contributed by atoms with Crippen LogP contribution in [-0.4, -0.2) is 28.8 Å². The molecule has 0 aliphatic rings. The monoisotopic (exact) mass is 314 g/mol. The Kier molecular flexibility index (Phi) is 5.55.